The van der Waals surface area contributed by atoms with E-state index in [4.69, 9.17) is 14.2 Å². The van der Waals surface area contributed by atoms with Crippen molar-refractivity contribution in [2.45, 2.75) is 39.7 Å². The molecule has 172 valence electrons. The van der Waals surface area contributed by atoms with Crippen LogP contribution in [-0.2, 0) is 9.59 Å². The van der Waals surface area contributed by atoms with Crippen molar-refractivity contribution in [3.8, 4) is 17.2 Å². The lowest BCUT2D eigenvalue weighted by atomic mass is 10.2. The lowest BCUT2D eigenvalue weighted by molar-refractivity contribution is -0.124. The van der Waals surface area contributed by atoms with Gasteiger partial charge < -0.3 is 19.5 Å². The Morgan fingerprint density at radius 2 is 1.84 bits per heavy atom. The number of carbonyl (C=O) groups is 2. The van der Waals surface area contributed by atoms with Crippen molar-refractivity contribution in [2.75, 3.05) is 19.0 Å². The van der Waals surface area contributed by atoms with Crippen LogP contribution < -0.4 is 25.0 Å². The first-order chi connectivity index (χ1) is 15.3. The molecule has 2 rings (SSSR count). The average Bonchev–Trinajstić information content (AvgIpc) is 2.75. The van der Waals surface area contributed by atoms with Gasteiger partial charge in [-0.1, -0.05) is 12.1 Å². The van der Waals surface area contributed by atoms with Gasteiger partial charge in [-0.3, -0.25) is 9.59 Å². The van der Waals surface area contributed by atoms with Gasteiger partial charge in [-0.2, -0.15) is 5.10 Å². The monoisotopic (exact) mass is 553 g/mol. The Morgan fingerprint density at radius 1 is 1.12 bits per heavy atom. The van der Waals surface area contributed by atoms with Crippen LogP contribution in [-0.4, -0.2) is 37.8 Å². The number of benzene rings is 2. The number of para-hydroxylation sites is 2. The number of ether oxygens (including phenoxy) is 3. The van der Waals surface area contributed by atoms with Gasteiger partial charge in [0.1, 0.15) is 5.75 Å². The molecular formula is C23H28IN3O5. The van der Waals surface area contributed by atoms with Crippen molar-refractivity contribution < 1.29 is 23.8 Å². The van der Waals surface area contributed by atoms with Crippen molar-refractivity contribution in [3.05, 3.63) is 45.5 Å². The fourth-order valence-electron chi connectivity index (χ4n) is 2.70. The number of nitrogens with zero attached hydrogens (tertiary/aromatic N) is 1. The number of carbonyl (C=O) groups excluding carboxylic acids is 2. The molecule has 0 fully saturated rings. The van der Waals surface area contributed by atoms with Crippen LogP contribution in [0.25, 0.3) is 0 Å². The molecule has 2 amide bonds. The summed E-state index contributed by atoms with van der Waals surface area (Å²) in [5.41, 5.74) is 3.75. The second kappa shape index (κ2) is 12.9. The van der Waals surface area contributed by atoms with Crippen molar-refractivity contribution in [2.24, 2.45) is 5.10 Å². The molecule has 2 aromatic carbocycles. The Hall–Kier alpha value is -2.82. The molecule has 0 bridgehead atoms. The molecule has 0 aromatic heterocycles. The Balaban J connectivity index is 1.90. The van der Waals surface area contributed by atoms with Crippen LogP contribution in [0.1, 0.15) is 39.2 Å². The number of halogens is 1. The second-order valence-electron chi connectivity index (χ2n) is 6.97. The minimum absolute atomic E-state index is 0.00121. The lowest BCUT2D eigenvalue weighted by Gasteiger charge is -2.16. The molecule has 2 aromatic rings. The van der Waals surface area contributed by atoms with Crippen LogP contribution >= 0.6 is 22.6 Å². The molecular weight excluding hydrogens is 525 g/mol. The number of nitrogens with one attached hydrogen (secondary N) is 2. The zero-order chi connectivity index (χ0) is 23.5. The van der Waals surface area contributed by atoms with Gasteiger partial charge in [0, 0.05) is 12.8 Å². The fraction of sp³-hybridized carbons (Fsp3) is 0.348. The highest BCUT2D eigenvalue weighted by atomic mass is 127. The maximum Gasteiger partial charge on any atom is 0.240 e. The summed E-state index contributed by atoms with van der Waals surface area (Å²) in [6.45, 7) is 6.30. The SMILES string of the molecule is CCOc1cc(C=NNC(=O)CCC(=O)Nc2ccccc2OC)cc(I)c1OC(C)C. The molecule has 0 atom stereocenters. The van der Waals surface area contributed by atoms with Crippen molar-refractivity contribution in [3.63, 3.8) is 0 Å². The molecule has 0 aliphatic heterocycles. The topological polar surface area (TPSA) is 98.2 Å². The quantitative estimate of drug-likeness (QED) is 0.245. The van der Waals surface area contributed by atoms with E-state index >= 15 is 0 Å². The van der Waals surface area contributed by atoms with Gasteiger partial charge in [-0.15, -0.1) is 0 Å². The van der Waals surface area contributed by atoms with Crippen LogP contribution in [0.2, 0.25) is 0 Å². The van der Waals surface area contributed by atoms with E-state index in [2.05, 4.69) is 38.4 Å². The van der Waals surface area contributed by atoms with Crippen molar-refractivity contribution >= 4 is 46.3 Å². The Kier molecular flexibility index (Phi) is 10.3. The molecule has 9 heteroatoms. The predicted octanol–water partition coefficient (Wildman–Crippen LogP) is 4.35. The summed E-state index contributed by atoms with van der Waals surface area (Å²) in [6, 6.07) is 10.8. The predicted molar refractivity (Wildman–Crippen MR) is 133 cm³/mol. The van der Waals surface area contributed by atoms with E-state index in [0.717, 1.165) is 9.13 Å². The zero-order valence-electron chi connectivity index (χ0n) is 18.6. The molecule has 0 spiro atoms. The van der Waals surface area contributed by atoms with E-state index < -0.39 is 0 Å². The minimum Gasteiger partial charge on any atom is -0.495 e. The highest BCUT2D eigenvalue weighted by Gasteiger charge is 2.13. The minimum atomic E-state index is -0.365. The van der Waals surface area contributed by atoms with Gasteiger partial charge in [0.25, 0.3) is 0 Å². The van der Waals surface area contributed by atoms with Gasteiger partial charge >= 0.3 is 0 Å². The highest BCUT2D eigenvalue weighted by Crippen LogP contribution is 2.34. The van der Waals surface area contributed by atoms with Crippen molar-refractivity contribution in [1.29, 1.82) is 0 Å². The molecule has 32 heavy (non-hydrogen) atoms. The second-order valence-corrected chi connectivity index (χ2v) is 8.13. The van der Waals surface area contributed by atoms with Gasteiger partial charge in [0.05, 0.1) is 35.3 Å². The highest BCUT2D eigenvalue weighted by molar-refractivity contribution is 14.1. The van der Waals surface area contributed by atoms with E-state index in [9.17, 15) is 9.59 Å². The number of hydrogen-bond donors (Lipinski definition) is 2. The van der Waals surface area contributed by atoms with E-state index in [1.165, 1.54) is 13.3 Å². The largest absolute Gasteiger partial charge is 0.495 e. The summed E-state index contributed by atoms with van der Waals surface area (Å²) in [5.74, 6) is 1.21. The fourth-order valence-corrected chi connectivity index (χ4v) is 3.45. The molecule has 0 saturated carbocycles. The molecule has 0 heterocycles. The lowest BCUT2D eigenvalue weighted by Crippen LogP contribution is -2.20. The molecule has 0 unspecified atom stereocenters. The first kappa shape index (κ1) is 25.4. The Morgan fingerprint density at radius 3 is 2.53 bits per heavy atom. The first-order valence-electron chi connectivity index (χ1n) is 10.2. The van der Waals surface area contributed by atoms with Gasteiger partial charge in [-0.05, 0) is 73.2 Å². The summed E-state index contributed by atoms with van der Waals surface area (Å²) in [4.78, 5) is 24.2. The third kappa shape index (κ3) is 8.03. The van der Waals surface area contributed by atoms with Crippen LogP contribution in [0.15, 0.2) is 41.5 Å². The number of hydrazone groups is 1. The molecule has 0 aliphatic rings. The third-order valence-corrected chi connectivity index (χ3v) is 4.85. The van der Waals surface area contributed by atoms with Gasteiger partial charge in [0.2, 0.25) is 11.8 Å². The van der Waals surface area contributed by atoms with Crippen molar-refractivity contribution in [1.82, 2.24) is 5.43 Å². The molecule has 8 nitrogen and oxygen atoms in total. The van der Waals surface area contributed by atoms with Crippen LogP contribution in [0.5, 0.6) is 17.2 Å². The number of rotatable bonds is 11. The Bertz CT molecular complexity index is 963. The molecule has 0 aliphatic carbocycles. The maximum atomic E-state index is 12.1. The number of hydrogen-bond acceptors (Lipinski definition) is 6. The summed E-state index contributed by atoms with van der Waals surface area (Å²) in [5, 5.41) is 6.72. The van der Waals surface area contributed by atoms with E-state index in [-0.39, 0.29) is 30.8 Å². The first-order valence-corrected chi connectivity index (χ1v) is 11.3. The Labute approximate surface area is 201 Å². The maximum absolute atomic E-state index is 12.1. The normalized spacial score (nSPS) is 10.8. The average molecular weight is 553 g/mol. The smallest absolute Gasteiger partial charge is 0.240 e. The summed E-state index contributed by atoms with van der Waals surface area (Å²) >= 11 is 2.18. The van der Waals surface area contributed by atoms with Crippen LogP contribution in [0.3, 0.4) is 0 Å². The van der Waals surface area contributed by atoms with E-state index in [1.807, 2.05) is 32.9 Å². The molecule has 0 radical (unpaired) electrons. The van der Waals surface area contributed by atoms with Gasteiger partial charge in [0.15, 0.2) is 11.5 Å². The standard InChI is InChI=1S/C23H28IN3O5/c1-5-31-20-13-16(12-17(24)23(20)32-15(2)3)14-25-27-22(29)11-10-21(28)26-18-8-6-7-9-19(18)30-4/h6-9,12-15H,5,10-11H2,1-4H3,(H,26,28)(H,27,29). The molecule has 2 N–H and O–H groups in total. The zero-order valence-corrected chi connectivity index (χ0v) is 20.8. The summed E-state index contributed by atoms with van der Waals surface area (Å²) in [6.07, 6.45) is 1.56. The van der Waals surface area contributed by atoms with Crippen LogP contribution in [0.4, 0.5) is 5.69 Å². The van der Waals surface area contributed by atoms with Gasteiger partial charge in [-0.25, -0.2) is 5.43 Å². The van der Waals surface area contributed by atoms with E-state index in [0.29, 0.717) is 29.5 Å². The number of anilines is 1. The summed E-state index contributed by atoms with van der Waals surface area (Å²) < 4.78 is 17.6. The number of amides is 2. The van der Waals surface area contributed by atoms with E-state index in [1.54, 1.807) is 24.3 Å². The third-order valence-electron chi connectivity index (χ3n) is 4.05. The van der Waals surface area contributed by atoms with Crippen LogP contribution in [0, 0.1) is 3.57 Å². The number of methoxy groups -OCH3 is 1. The molecule has 0 saturated heterocycles. The summed E-state index contributed by atoms with van der Waals surface area (Å²) in [7, 11) is 1.53.